The Kier molecular flexibility index (Phi) is 5.98. The van der Waals surface area contributed by atoms with Crippen molar-refractivity contribution in [1.82, 2.24) is 19.7 Å². The van der Waals surface area contributed by atoms with Crippen LogP contribution in [0.3, 0.4) is 0 Å². The summed E-state index contributed by atoms with van der Waals surface area (Å²) in [6.45, 7) is -1.81. The smallest absolute Gasteiger partial charge is 0.333 e. The van der Waals surface area contributed by atoms with Gasteiger partial charge >= 0.3 is 6.55 Å². The normalized spacial score (nSPS) is 16.6. The van der Waals surface area contributed by atoms with Gasteiger partial charge in [-0.15, -0.1) is 0 Å². The molecule has 0 amide bonds. The maximum atomic E-state index is 12.8. The molecule has 3 heterocycles. The van der Waals surface area contributed by atoms with Crippen LogP contribution in [0.4, 0.5) is 23.2 Å². The Balaban J connectivity index is 1.72. The quantitative estimate of drug-likeness (QED) is 0.594. The summed E-state index contributed by atoms with van der Waals surface area (Å²) in [5.41, 5.74) is 1.55. The van der Waals surface area contributed by atoms with E-state index in [2.05, 4.69) is 15.4 Å². The van der Waals surface area contributed by atoms with Crippen LogP contribution in [0, 0.1) is 0 Å². The van der Waals surface area contributed by atoms with Crippen molar-refractivity contribution < 1.29 is 17.6 Å². The molecule has 0 radical (unpaired) electrons. The van der Waals surface area contributed by atoms with Gasteiger partial charge in [0.25, 0.3) is 6.43 Å². The standard InChI is InChI=1S/C16H18ClF4N5/c17-14-7-13(23-10-1-4-25(5-2-10)9-15(18)19)11(8-22-14)12-3-6-26(24-12)16(20)21/h3,6-8,10,15-16H,1-2,4-5,9H2,(H,22,23). The van der Waals surface area contributed by atoms with Crippen LogP contribution in [0.25, 0.3) is 11.3 Å². The molecule has 0 saturated carbocycles. The van der Waals surface area contributed by atoms with Crippen LogP contribution in [0.2, 0.25) is 5.15 Å². The number of pyridine rings is 1. The second kappa shape index (κ2) is 8.22. The molecule has 0 bridgehead atoms. The Bertz CT molecular complexity index is 731. The molecule has 0 aliphatic carbocycles. The van der Waals surface area contributed by atoms with E-state index in [0.717, 1.165) is 0 Å². The lowest BCUT2D eigenvalue weighted by Crippen LogP contribution is -2.41. The third-order valence-electron chi connectivity index (χ3n) is 4.30. The minimum absolute atomic E-state index is 0.0679. The summed E-state index contributed by atoms with van der Waals surface area (Å²) in [7, 11) is 0. The van der Waals surface area contributed by atoms with Crippen molar-refractivity contribution in [3.63, 3.8) is 0 Å². The van der Waals surface area contributed by atoms with Crippen LogP contribution < -0.4 is 5.32 Å². The van der Waals surface area contributed by atoms with Crippen LogP contribution in [0.15, 0.2) is 24.5 Å². The summed E-state index contributed by atoms with van der Waals surface area (Å²) in [5.74, 6) is 0. The van der Waals surface area contributed by atoms with Crippen LogP contribution in [0.1, 0.15) is 19.4 Å². The summed E-state index contributed by atoms with van der Waals surface area (Å²) in [6.07, 6.45) is 1.72. The van der Waals surface area contributed by atoms with Gasteiger partial charge in [0.05, 0.1) is 12.2 Å². The number of likely N-dealkylation sites (tertiary alicyclic amines) is 1. The lowest BCUT2D eigenvalue weighted by Gasteiger charge is -2.32. The fourth-order valence-electron chi connectivity index (χ4n) is 3.02. The molecular formula is C16H18ClF4N5. The van der Waals surface area contributed by atoms with Gasteiger partial charge in [0.1, 0.15) is 5.15 Å². The molecule has 10 heteroatoms. The minimum atomic E-state index is -2.72. The van der Waals surface area contributed by atoms with Crippen LogP contribution >= 0.6 is 11.6 Å². The third kappa shape index (κ3) is 4.64. The molecule has 1 saturated heterocycles. The highest BCUT2D eigenvalue weighted by atomic mass is 35.5. The molecule has 0 spiro atoms. The molecule has 5 nitrogen and oxygen atoms in total. The Hall–Kier alpha value is -1.87. The molecule has 26 heavy (non-hydrogen) atoms. The zero-order valence-electron chi connectivity index (χ0n) is 13.8. The van der Waals surface area contributed by atoms with Gasteiger partial charge in [-0.1, -0.05) is 11.6 Å². The summed E-state index contributed by atoms with van der Waals surface area (Å²) >= 11 is 5.97. The first-order valence-electron chi connectivity index (χ1n) is 8.18. The number of hydrogen-bond donors (Lipinski definition) is 1. The topological polar surface area (TPSA) is 46.0 Å². The zero-order valence-corrected chi connectivity index (χ0v) is 14.5. The van der Waals surface area contributed by atoms with Gasteiger partial charge in [-0.05, 0) is 25.0 Å². The monoisotopic (exact) mass is 391 g/mol. The van der Waals surface area contributed by atoms with Gasteiger partial charge in [-0.25, -0.2) is 18.4 Å². The van der Waals surface area contributed by atoms with E-state index in [9.17, 15) is 17.6 Å². The molecule has 0 atom stereocenters. The van der Waals surface area contributed by atoms with E-state index in [1.54, 1.807) is 11.0 Å². The third-order valence-corrected chi connectivity index (χ3v) is 4.50. The lowest BCUT2D eigenvalue weighted by molar-refractivity contribution is 0.0568. The number of aromatic nitrogens is 3. The van der Waals surface area contributed by atoms with Crippen molar-refractivity contribution in [2.45, 2.75) is 31.9 Å². The number of nitrogens with zero attached hydrogens (tertiary/aromatic N) is 4. The molecule has 1 aliphatic heterocycles. The summed E-state index contributed by atoms with van der Waals surface area (Å²) in [5, 5.41) is 7.45. The Morgan fingerprint density at radius 2 is 1.96 bits per heavy atom. The summed E-state index contributed by atoms with van der Waals surface area (Å²) in [6, 6.07) is 3.16. The maximum absolute atomic E-state index is 12.8. The van der Waals surface area contributed by atoms with Crippen molar-refractivity contribution in [3.8, 4) is 11.3 Å². The second-order valence-electron chi connectivity index (χ2n) is 6.12. The Labute approximate surface area is 153 Å². The van der Waals surface area contributed by atoms with Gasteiger partial charge in [0.15, 0.2) is 0 Å². The summed E-state index contributed by atoms with van der Waals surface area (Å²) < 4.78 is 51.0. The molecule has 3 rings (SSSR count). The zero-order chi connectivity index (χ0) is 18.7. The molecular weight excluding hydrogens is 374 g/mol. The number of rotatable bonds is 6. The highest BCUT2D eigenvalue weighted by Gasteiger charge is 2.22. The highest BCUT2D eigenvalue weighted by Crippen LogP contribution is 2.30. The molecule has 2 aromatic rings. The van der Waals surface area contributed by atoms with E-state index >= 15 is 0 Å². The van der Waals surface area contributed by atoms with E-state index in [4.69, 9.17) is 11.6 Å². The van der Waals surface area contributed by atoms with Crippen LogP contribution in [-0.2, 0) is 0 Å². The number of piperidine rings is 1. The lowest BCUT2D eigenvalue weighted by atomic mass is 10.0. The number of nitrogens with one attached hydrogen (secondary N) is 1. The Morgan fingerprint density at radius 1 is 1.23 bits per heavy atom. The maximum Gasteiger partial charge on any atom is 0.333 e. The Morgan fingerprint density at radius 3 is 2.58 bits per heavy atom. The number of halogens is 5. The van der Waals surface area contributed by atoms with E-state index in [0.29, 0.717) is 47.6 Å². The van der Waals surface area contributed by atoms with Gasteiger partial charge in [-0.3, -0.25) is 4.90 Å². The van der Waals surface area contributed by atoms with Crippen molar-refractivity contribution in [2.24, 2.45) is 0 Å². The first-order chi connectivity index (χ1) is 12.4. The SMILES string of the molecule is FC(F)CN1CCC(Nc2cc(Cl)ncc2-c2ccn(C(F)F)n2)CC1. The molecule has 1 N–H and O–H groups in total. The molecule has 1 aliphatic rings. The number of anilines is 1. The fourth-order valence-corrected chi connectivity index (χ4v) is 3.18. The van der Waals surface area contributed by atoms with E-state index in [1.165, 1.54) is 18.5 Å². The number of hydrogen-bond acceptors (Lipinski definition) is 4. The molecule has 0 unspecified atom stereocenters. The van der Waals surface area contributed by atoms with Crippen molar-refractivity contribution in [2.75, 3.05) is 25.0 Å². The molecule has 0 aromatic carbocycles. The van der Waals surface area contributed by atoms with Gasteiger partial charge < -0.3 is 5.32 Å². The van der Waals surface area contributed by atoms with Crippen LogP contribution in [-0.4, -0.2) is 51.8 Å². The van der Waals surface area contributed by atoms with Gasteiger partial charge in [-0.2, -0.15) is 13.9 Å². The van der Waals surface area contributed by atoms with Crippen molar-refractivity contribution in [1.29, 1.82) is 0 Å². The predicted octanol–water partition coefficient (Wildman–Crippen LogP) is 4.14. The van der Waals surface area contributed by atoms with Crippen molar-refractivity contribution in [3.05, 3.63) is 29.7 Å². The van der Waals surface area contributed by atoms with E-state index in [1.807, 2.05) is 0 Å². The average molecular weight is 392 g/mol. The van der Waals surface area contributed by atoms with Gasteiger partial charge in [0, 0.05) is 42.8 Å². The van der Waals surface area contributed by atoms with E-state index < -0.39 is 13.0 Å². The largest absolute Gasteiger partial charge is 0.382 e. The first kappa shape index (κ1) is 18.9. The summed E-state index contributed by atoms with van der Waals surface area (Å²) in [4.78, 5) is 5.73. The fraction of sp³-hybridized carbons (Fsp3) is 0.500. The average Bonchev–Trinajstić information content (AvgIpc) is 3.06. The van der Waals surface area contributed by atoms with Gasteiger partial charge in [0.2, 0.25) is 0 Å². The first-order valence-corrected chi connectivity index (χ1v) is 8.56. The molecule has 142 valence electrons. The molecule has 2 aromatic heterocycles. The van der Waals surface area contributed by atoms with E-state index in [-0.39, 0.29) is 17.7 Å². The van der Waals surface area contributed by atoms with Crippen LogP contribution in [0.5, 0.6) is 0 Å². The number of alkyl halides is 4. The highest BCUT2D eigenvalue weighted by molar-refractivity contribution is 6.29. The second-order valence-corrected chi connectivity index (χ2v) is 6.51. The van der Waals surface area contributed by atoms with Crippen molar-refractivity contribution >= 4 is 17.3 Å². The minimum Gasteiger partial charge on any atom is -0.382 e. The molecule has 1 fully saturated rings. The predicted molar refractivity (Wildman–Crippen MR) is 90.8 cm³/mol.